The Morgan fingerprint density at radius 3 is 2.56 bits per heavy atom. The minimum Gasteiger partial charge on any atom is -0.477 e. The van der Waals surface area contributed by atoms with Crippen LogP contribution in [0.5, 0.6) is 0 Å². The molecule has 0 aliphatic rings. The molecular formula is C14H14O2. The van der Waals surface area contributed by atoms with E-state index in [0.29, 0.717) is 6.42 Å². The number of carbonyl (C=O) groups is 1. The number of carboxylic acid groups (broad SMARTS) is 1. The van der Waals surface area contributed by atoms with Gasteiger partial charge in [-0.1, -0.05) is 36.4 Å². The van der Waals surface area contributed by atoms with Gasteiger partial charge in [0, 0.05) is 6.42 Å². The Balaban J connectivity index is 3.18. The van der Waals surface area contributed by atoms with Crippen molar-refractivity contribution in [1.29, 1.82) is 0 Å². The highest BCUT2D eigenvalue weighted by atomic mass is 16.4. The molecule has 1 aromatic carbocycles. The summed E-state index contributed by atoms with van der Waals surface area (Å²) in [5.74, 6) is -0.949. The van der Waals surface area contributed by atoms with Crippen LogP contribution in [-0.4, -0.2) is 11.1 Å². The summed E-state index contributed by atoms with van der Waals surface area (Å²) in [6.45, 7) is 5.38. The smallest absolute Gasteiger partial charge is 0.339 e. The third-order valence-corrected chi connectivity index (χ3v) is 2.15. The number of benzene rings is 1. The fourth-order valence-electron chi connectivity index (χ4n) is 1.32. The molecule has 16 heavy (non-hydrogen) atoms. The van der Waals surface area contributed by atoms with Crippen molar-refractivity contribution >= 4 is 11.5 Å². The van der Waals surface area contributed by atoms with Crippen molar-refractivity contribution in [3.63, 3.8) is 0 Å². The molecule has 0 fully saturated rings. The lowest BCUT2D eigenvalue weighted by molar-refractivity contribution is -0.132. The third kappa shape index (κ3) is 3.26. The maximum Gasteiger partial charge on any atom is 0.339 e. The number of allylic oxidation sites excluding steroid dienone is 1. The Labute approximate surface area is 95.2 Å². The van der Waals surface area contributed by atoms with Crippen molar-refractivity contribution in [2.45, 2.75) is 13.3 Å². The van der Waals surface area contributed by atoms with Crippen LogP contribution in [0.2, 0.25) is 0 Å². The fraction of sp³-hybridized carbons (Fsp3) is 0.143. The molecule has 0 amide bonds. The summed E-state index contributed by atoms with van der Waals surface area (Å²) in [6.07, 6.45) is 1.88. The molecule has 0 radical (unpaired) electrons. The molecule has 0 atom stereocenters. The van der Waals surface area contributed by atoms with Crippen LogP contribution in [0.25, 0.3) is 5.57 Å². The SMILES string of the molecule is C=CCC(=C=C(C)c1ccccc1)C(=O)O. The average Bonchev–Trinajstić information content (AvgIpc) is 2.29. The highest BCUT2D eigenvalue weighted by Gasteiger charge is 2.04. The van der Waals surface area contributed by atoms with Gasteiger partial charge in [0.05, 0.1) is 5.57 Å². The van der Waals surface area contributed by atoms with E-state index in [1.165, 1.54) is 0 Å². The largest absolute Gasteiger partial charge is 0.477 e. The van der Waals surface area contributed by atoms with Crippen LogP contribution < -0.4 is 0 Å². The fourth-order valence-corrected chi connectivity index (χ4v) is 1.32. The zero-order chi connectivity index (χ0) is 12.0. The molecule has 2 heteroatoms. The highest BCUT2D eigenvalue weighted by molar-refractivity contribution is 5.88. The van der Waals surface area contributed by atoms with Gasteiger partial charge in [-0.15, -0.1) is 12.3 Å². The van der Waals surface area contributed by atoms with E-state index in [9.17, 15) is 4.79 Å². The van der Waals surface area contributed by atoms with Crippen LogP contribution in [0.3, 0.4) is 0 Å². The van der Waals surface area contributed by atoms with Crippen LogP contribution in [-0.2, 0) is 4.79 Å². The summed E-state index contributed by atoms with van der Waals surface area (Å²) in [4.78, 5) is 10.9. The van der Waals surface area contributed by atoms with E-state index in [-0.39, 0.29) is 5.57 Å². The van der Waals surface area contributed by atoms with Crippen molar-refractivity contribution in [3.8, 4) is 0 Å². The predicted molar refractivity (Wildman–Crippen MR) is 65.0 cm³/mol. The van der Waals surface area contributed by atoms with E-state index < -0.39 is 5.97 Å². The van der Waals surface area contributed by atoms with Gasteiger partial charge in [-0.25, -0.2) is 4.79 Å². The van der Waals surface area contributed by atoms with Gasteiger partial charge in [-0.05, 0) is 18.1 Å². The molecule has 0 unspecified atom stereocenters. The summed E-state index contributed by atoms with van der Waals surface area (Å²) in [6, 6.07) is 9.59. The number of hydrogen-bond acceptors (Lipinski definition) is 1. The van der Waals surface area contributed by atoms with E-state index in [0.717, 1.165) is 11.1 Å². The van der Waals surface area contributed by atoms with Gasteiger partial charge in [0.2, 0.25) is 0 Å². The van der Waals surface area contributed by atoms with Gasteiger partial charge in [-0.2, -0.15) is 0 Å². The molecule has 0 saturated heterocycles. The van der Waals surface area contributed by atoms with Crippen molar-refractivity contribution in [2.75, 3.05) is 0 Å². The zero-order valence-corrected chi connectivity index (χ0v) is 9.23. The number of aliphatic carboxylic acids is 1. The first-order valence-corrected chi connectivity index (χ1v) is 5.01. The van der Waals surface area contributed by atoms with Crippen molar-refractivity contribution in [3.05, 3.63) is 59.9 Å². The van der Waals surface area contributed by atoms with Crippen LogP contribution in [0.4, 0.5) is 0 Å². The second-order valence-corrected chi connectivity index (χ2v) is 3.39. The van der Waals surface area contributed by atoms with Crippen molar-refractivity contribution in [2.24, 2.45) is 0 Å². The van der Waals surface area contributed by atoms with E-state index >= 15 is 0 Å². The second kappa shape index (κ2) is 5.74. The van der Waals surface area contributed by atoms with Crippen molar-refractivity contribution in [1.82, 2.24) is 0 Å². The summed E-state index contributed by atoms with van der Waals surface area (Å²) in [7, 11) is 0. The number of rotatable bonds is 4. The molecule has 0 aromatic heterocycles. The van der Waals surface area contributed by atoms with Gasteiger partial charge < -0.3 is 5.11 Å². The average molecular weight is 214 g/mol. The van der Waals surface area contributed by atoms with Gasteiger partial charge in [0.1, 0.15) is 0 Å². The summed E-state index contributed by atoms with van der Waals surface area (Å²) in [5, 5.41) is 8.94. The molecule has 0 aliphatic carbocycles. The van der Waals surface area contributed by atoms with Crippen molar-refractivity contribution < 1.29 is 9.90 Å². The Kier molecular flexibility index (Phi) is 4.31. The van der Waals surface area contributed by atoms with E-state index in [2.05, 4.69) is 12.3 Å². The number of carboxylic acids is 1. The normalized spacial score (nSPS) is 9.06. The topological polar surface area (TPSA) is 37.3 Å². The Morgan fingerprint density at radius 1 is 1.44 bits per heavy atom. The molecule has 0 saturated carbocycles. The lowest BCUT2D eigenvalue weighted by Crippen LogP contribution is -1.98. The predicted octanol–water partition coefficient (Wildman–Crippen LogP) is 3.28. The van der Waals surface area contributed by atoms with Crippen LogP contribution in [0.1, 0.15) is 18.9 Å². The Morgan fingerprint density at radius 2 is 2.06 bits per heavy atom. The summed E-state index contributed by atoms with van der Waals surface area (Å²) >= 11 is 0. The first-order valence-electron chi connectivity index (χ1n) is 5.01. The molecule has 0 bridgehead atoms. The van der Waals surface area contributed by atoms with Gasteiger partial charge in [0.15, 0.2) is 0 Å². The minimum atomic E-state index is -0.949. The third-order valence-electron chi connectivity index (χ3n) is 2.15. The van der Waals surface area contributed by atoms with Gasteiger partial charge in [0.25, 0.3) is 0 Å². The van der Waals surface area contributed by atoms with Crippen LogP contribution in [0.15, 0.2) is 54.3 Å². The molecule has 0 aliphatic heterocycles. The van der Waals surface area contributed by atoms with E-state index in [4.69, 9.17) is 5.11 Å². The Bertz CT molecular complexity index is 449. The van der Waals surface area contributed by atoms with Gasteiger partial charge >= 0.3 is 5.97 Å². The summed E-state index contributed by atoms with van der Waals surface area (Å²) in [5.41, 5.74) is 4.93. The maximum atomic E-state index is 10.9. The maximum absolute atomic E-state index is 10.9. The van der Waals surface area contributed by atoms with E-state index in [1.807, 2.05) is 37.3 Å². The molecule has 0 heterocycles. The van der Waals surface area contributed by atoms with Crippen LogP contribution >= 0.6 is 0 Å². The highest BCUT2D eigenvalue weighted by Crippen LogP contribution is 2.13. The van der Waals surface area contributed by atoms with E-state index in [1.54, 1.807) is 6.08 Å². The molecule has 82 valence electrons. The standard InChI is InChI=1S/C14H14O2/c1-3-7-13(14(15)16)10-11(2)12-8-5-4-6-9-12/h3-6,8-9H,1,7H2,2H3,(H,15,16). The molecule has 2 nitrogen and oxygen atoms in total. The first-order chi connectivity index (χ1) is 7.65. The lowest BCUT2D eigenvalue weighted by atomic mass is 10.1. The summed E-state index contributed by atoms with van der Waals surface area (Å²) < 4.78 is 0. The monoisotopic (exact) mass is 214 g/mol. The molecule has 1 rings (SSSR count). The molecular weight excluding hydrogens is 200 g/mol. The quantitative estimate of drug-likeness (QED) is 0.474. The molecule has 1 aromatic rings. The molecule has 0 spiro atoms. The zero-order valence-electron chi connectivity index (χ0n) is 9.23. The first kappa shape index (κ1) is 12.0. The Hall–Kier alpha value is -2.05. The minimum absolute atomic E-state index is 0.233. The number of hydrogen-bond donors (Lipinski definition) is 1. The van der Waals surface area contributed by atoms with Crippen LogP contribution in [0, 0.1) is 0 Å². The molecule has 1 N–H and O–H groups in total. The second-order valence-electron chi connectivity index (χ2n) is 3.39. The lowest BCUT2D eigenvalue weighted by Gasteiger charge is -1.98. The van der Waals surface area contributed by atoms with Gasteiger partial charge in [-0.3, -0.25) is 0 Å².